The molecule has 0 spiro atoms. The maximum Gasteiger partial charge on any atom is 0.405 e. The first-order valence-electron chi connectivity index (χ1n) is 5.16. The number of nitrogens with two attached hydrogens (primary N) is 1. The zero-order valence-corrected chi connectivity index (χ0v) is 9.99. The van der Waals surface area contributed by atoms with Crippen LogP contribution in [0.5, 0.6) is 0 Å². The van der Waals surface area contributed by atoms with E-state index in [0.29, 0.717) is 0 Å². The van der Waals surface area contributed by atoms with Crippen molar-refractivity contribution >= 4 is 17.6 Å². The summed E-state index contributed by atoms with van der Waals surface area (Å²) in [7, 11) is 1.07. The van der Waals surface area contributed by atoms with Gasteiger partial charge < -0.3 is 20.9 Å². The number of alkyl halides is 3. The number of nitrogens with zero attached hydrogens (tertiary/aromatic N) is 2. The fourth-order valence-electron chi connectivity index (χ4n) is 1.35. The highest BCUT2D eigenvalue weighted by atomic mass is 19.4. The van der Waals surface area contributed by atoms with Gasteiger partial charge in [-0.15, -0.1) is 0 Å². The summed E-state index contributed by atoms with van der Waals surface area (Å²) in [5, 5.41) is 14.4. The van der Waals surface area contributed by atoms with Gasteiger partial charge in [0.2, 0.25) is 0 Å². The van der Waals surface area contributed by atoms with Crippen molar-refractivity contribution in [2.75, 3.05) is 31.3 Å². The van der Waals surface area contributed by atoms with E-state index >= 15 is 0 Å². The minimum atomic E-state index is -4.47. The van der Waals surface area contributed by atoms with Crippen molar-refractivity contribution in [1.29, 1.82) is 0 Å². The summed E-state index contributed by atoms with van der Waals surface area (Å²) in [4.78, 5) is 11.5. The molecule has 0 unspecified atom stereocenters. The first-order chi connectivity index (χ1) is 8.80. The lowest BCUT2D eigenvalue weighted by molar-refractivity contribution is -0.115. The van der Waals surface area contributed by atoms with Crippen LogP contribution in [-0.2, 0) is 11.3 Å². The molecule has 7 nitrogen and oxygen atoms in total. The van der Waals surface area contributed by atoms with Gasteiger partial charge in [-0.2, -0.15) is 18.3 Å². The third kappa shape index (κ3) is 3.74. The third-order valence-electron chi connectivity index (χ3n) is 2.15. The average Bonchev–Trinajstić information content (AvgIpc) is 2.63. The predicted octanol–water partition coefficient (Wildman–Crippen LogP) is 0.218. The number of methoxy groups -OCH3 is 1. The van der Waals surface area contributed by atoms with E-state index in [4.69, 9.17) is 10.8 Å². The van der Waals surface area contributed by atoms with Crippen molar-refractivity contribution in [2.45, 2.75) is 12.7 Å². The lowest BCUT2D eigenvalue weighted by Crippen LogP contribution is -2.22. The molecule has 1 aromatic heterocycles. The lowest BCUT2D eigenvalue weighted by atomic mass is 10.3. The first kappa shape index (κ1) is 15.1. The normalized spacial score (nSPS) is 11.4. The van der Waals surface area contributed by atoms with Crippen LogP contribution in [0.1, 0.15) is 10.4 Å². The van der Waals surface area contributed by atoms with Gasteiger partial charge in [-0.25, -0.2) is 9.48 Å². The molecule has 10 heteroatoms. The van der Waals surface area contributed by atoms with Crippen molar-refractivity contribution < 1.29 is 27.8 Å². The summed E-state index contributed by atoms with van der Waals surface area (Å²) in [6, 6.07) is 0. The number of carbonyl (C=O) groups is 1. The van der Waals surface area contributed by atoms with E-state index in [1.54, 1.807) is 0 Å². The molecule has 0 amide bonds. The molecular formula is C9H13F3N4O3. The second kappa shape index (κ2) is 5.78. The quantitative estimate of drug-likeness (QED) is 0.668. The molecule has 1 aromatic rings. The van der Waals surface area contributed by atoms with E-state index in [1.807, 2.05) is 5.32 Å². The van der Waals surface area contributed by atoms with Gasteiger partial charge in [0, 0.05) is 0 Å². The summed E-state index contributed by atoms with van der Waals surface area (Å²) in [5.41, 5.74) is 5.28. The second-order valence-corrected chi connectivity index (χ2v) is 3.52. The number of nitrogens with one attached hydrogen (secondary N) is 1. The Bertz CT molecular complexity index is 458. The number of rotatable bonds is 5. The van der Waals surface area contributed by atoms with Gasteiger partial charge in [-0.05, 0) is 0 Å². The van der Waals surface area contributed by atoms with E-state index < -0.39 is 18.7 Å². The van der Waals surface area contributed by atoms with Crippen LogP contribution in [0.4, 0.5) is 24.8 Å². The second-order valence-electron chi connectivity index (χ2n) is 3.52. The zero-order valence-electron chi connectivity index (χ0n) is 9.99. The number of carbonyl (C=O) groups excluding carboxylic acids is 1. The SMILES string of the molecule is COC(=O)c1c(NCC(F)(F)F)nn(CCO)c1N. The molecule has 0 aliphatic carbocycles. The van der Waals surface area contributed by atoms with Crippen molar-refractivity contribution in [3.8, 4) is 0 Å². The number of aliphatic hydroxyl groups excluding tert-OH is 1. The molecule has 0 bridgehead atoms. The topological polar surface area (TPSA) is 102 Å². The standard InChI is InChI=1S/C9H13F3N4O3/c1-19-8(18)5-6(13)16(2-3-17)15-7(5)14-4-9(10,11)12/h17H,2-4,13H2,1H3,(H,14,15). The fourth-order valence-corrected chi connectivity index (χ4v) is 1.35. The Kier molecular flexibility index (Phi) is 4.59. The van der Waals surface area contributed by atoms with E-state index in [9.17, 15) is 18.0 Å². The molecule has 0 saturated carbocycles. The van der Waals surface area contributed by atoms with Crippen molar-refractivity contribution in [3.05, 3.63) is 5.56 Å². The van der Waals surface area contributed by atoms with Gasteiger partial charge in [0.25, 0.3) is 0 Å². The number of aliphatic hydroxyl groups is 1. The number of aromatic nitrogens is 2. The van der Waals surface area contributed by atoms with Crippen molar-refractivity contribution in [3.63, 3.8) is 0 Å². The summed E-state index contributed by atoms with van der Waals surface area (Å²) in [6.07, 6.45) is -4.47. The molecule has 0 atom stereocenters. The van der Waals surface area contributed by atoms with Crippen molar-refractivity contribution in [2.24, 2.45) is 0 Å². The highest BCUT2D eigenvalue weighted by Crippen LogP contribution is 2.24. The lowest BCUT2D eigenvalue weighted by Gasteiger charge is -2.08. The number of nitrogen functional groups attached to an aromatic ring is 1. The van der Waals surface area contributed by atoms with E-state index in [2.05, 4.69) is 9.84 Å². The van der Waals surface area contributed by atoms with Crippen LogP contribution in [0.2, 0.25) is 0 Å². The molecule has 1 rings (SSSR count). The Morgan fingerprint density at radius 2 is 2.21 bits per heavy atom. The van der Waals surface area contributed by atoms with Crippen molar-refractivity contribution in [1.82, 2.24) is 9.78 Å². The number of esters is 1. The monoisotopic (exact) mass is 282 g/mol. The number of ether oxygens (including phenoxy) is 1. The molecule has 0 fully saturated rings. The van der Waals surface area contributed by atoms with Crippen LogP contribution in [0.25, 0.3) is 0 Å². The van der Waals surface area contributed by atoms with E-state index in [1.165, 1.54) is 0 Å². The maximum absolute atomic E-state index is 12.1. The molecular weight excluding hydrogens is 269 g/mol. The summed E-state index contributed by atoms with van der Waals surface area (Å²) >= 11 is 0. The van der Waals surface area contributed by atoms with Gasteiger partial charge in [0.05, 0.1) is 20.3 Å². The third-order valence-corrected chi connectivity index (χ3v) is 2.15. The molecule has 4 N–H and O–H groups in total. The first-order valence-corrected chi connectivity index (χ1v) is 5.16. The number of hydrogen-bond donors (Lipinski definition) is 3. The van der Waals surface area contributed by atoms with Gasteiger partial charge in [0.1, 0.15) is 17.9 Å². The minimum Gasteiger partial charge on any atom is -0.465 e. The summed E-state index contributed by atoms with van der Waals surface area (Å²) in [6.45, 7) is -1.75. The van der Waals surface area contributed by atoms with Gasteiger partial charge in [-0.1, -0.05) is 0 Å². The Hall–Kier alpha value is -1.97. The van der Waals surface area contributed by atoms with E-state index in [0.717, 1.165) is 11.8 Å². The molecule has 0 radical (unpaired) electrons. The Morgan fingerprint density at radius 1 is 1.58 bits per heavy atom. The molecule has 0 aromatic carbocycles. The molecule has 0 aliphatic rings. The molecule has 108 valence electrons. The predicted molar refractivity (Wildman–Crippen MR) is 59.6 cm³/mol. The Morgan fingerprint density at radius 3 is 2.68 bits per heavy atom. The Balaban J connectivity index is 3.06. The number of hydrogen-bond acceptors (Lipinski definition) is 6. The van der Waals surface area contributed by atoms with Crippen LogP contribution >= 0.6 is 0 Å². The van der Waals surface area contributed by atoms with Crippen LogP contribution < -0.4 is 11.1 Å². The summed E-state index contributed by atoms with van der Waals surface area (Å²) < 4.78 is 41.8. The highest BCUT2D eigenvalue weighted by Gasteiger charge is 2.30. The van der Waals surface area contributed by atoms with Crippen LogP contribution in [-0.4, -0.2) is 47.3 Å². The molecule has 0 aliphatic heterocycles. The average molecular weight is 282 g/mol. The molecule has 19 heavy (non-hydrogen) atoms. The van der Waals surface area contributed by atoms with Crippen LogP contribution in [0.15, 0.2) is 0 Å². The highest BCUT2D eigenvalue weighted by molar-refractivity contribution is 5.99. The molecule has 0 saturated heterocycles. The van der Waals surface area contributed by atoms with Crippen LogP contribution in [0.3, 0.4) is 0 Å². The van der Waals surface area contributed by atoms with Gasteiger partial charge >= 0.3 is 12.1 Å². The van der Waals surface area contributed by atoms with E-state index in [-0.39, 0.29) is 30.4 Å². The van der Waals surface area contributed by atoms with Crippen LogP contribution in [0, 0.1) is 0 Å². The van der Waals surface area contributed by atoms with Gasteiger partial charge in [-0.3, -0.25) is 0 Å². The zero-order chi connectivity index (χ0) is 14.6. The molecule has 1 heterocycles. The largest absolute Gasteiger partial charge is 0.465 e. The smallest absolute Gasteiger partial charge is 0.405 e. The summed E-state index contributed by atoms with van der Waals surface area (Å²) in [5.74, 6) is -1.42. The fraction of sp³-hybridized carbons (Fsp3) is 0.556. The van der Waals surface area contributed by atoms with Gasteiger partial charge in [0.15, 0.2) is 5.82 Å². The minimum absolute atomic E-state index is 0.0521. The number of anilines is 2. The number of halogens is 3. The maximum atomic E-state index is 12.1. The Labute approximate surface area is 106 Å².